The highest BCUT2D eigenvalue weighted by Crippen LogP contribution is 2.17. The molecule has 0 radical (unpaired) electrons. The summed E-state index contributed by atoms with van der Waals surface area (Å²) in [6.45, 7) is 6.57. The molecule has 0 spiro atoms. The fourth-order valence-corrected chi connectivity index (χ4v) is 9.51. The molecule has 6 nitrogen and oxygen atoms in total. The molecular weight excluding hydrogens is 925 g/mol. The molecule has 75 heavy (non-hydrogen) atoms. The van der Waals surface area contributed by atoms with Gasteiger partial charge in [0.15, 0.2) is 6.10 Å². The molecule has 0 saturated heterocycles. The van der Waals surface area contributed by atoms with Gasteiger partial charge in [0, 0.05) is 19.3 Å². The Hall–Kier alpha value is -2.89. The third kappa shape index (κ3) is 61.8. The molecule has 0 aliphatic heterocycles. The average molecular weight is 1050 g/mol. The number of carbonyl (C=O) groups is 3. The highest BCUT2D eigenvalue weighted by Gasteiger charge is 2.19. The van der Waals surface area contributed by atoms with Gasteiger partial charge in [-0.25, -0.2) is 0 Å². The lowest BCUT2D eigenvalue weighted by molar-refractivity contribution is -0.167. The lowest BCUT2D eigenvalue weighted by Crippen LogP contribution is -2.30. The summed E-state index contributed by atoms with van der Waals surface area (Å²) in [6.07, 6.45) is 81.0. The predicted molar refractivity (Wildman–Crippen MR) is 325 cm³/mol. The topological polar surface area (TPSA) is 78.9 Å². The van der Waals surface area contributed by atoms with Crippen LogP contribution < -0.4 is 0 Å². The Kier molecular flexibility index (Phi) is 61.2. The molecular formula is C69H124O6. The Morgan fingerprint density at radius 1 is 0.267 bits per heavy atom. The molecule has 0 rings (SSSR count). The zero-order chi connectivity index (χ0) is 54.3. The highest BCUT2D eigenvalue weighted by molar-refractivity contribution is 5.71. The second kappa shape index (κ2) is 63.6. The first kappa shape index (κ1) is 72.1. The summed E-state index contributed by atoms with van der Waals surface area (Å²) in [5.41, 5.74) is 0. The van der Waals surface area contributed by atoms with Gasteiger partial charge in [0.2, 0.25) is 0 Å². The van der Waals surface area contributed by atoms with E-state index in [9.17, 15) is 14.4 Å². The smallest absolute Gasteiger partial charge is 0.306 e. The van der Waals surface area contributed by atoms with E-state index < -0.39 is 6.10 Å². The second-order valence-corrected chi connectivity index (χ2v) is 22.0. The molecule has 436 valence electrons. The van der Waals surface area contributed by atoms with Crippen LogP contribution in [0.3, 0.4) is 0 Å². The van der Waals surface area contributed by atoms with Crippen LogP contribution in [-0.4, -0.2) is 37.2 Å². The summed E-state index contributed by atoms with van der Waals surface area (Å²) in [5.74, 6) is -0.886. The van der Waals surface area contributed by atoms with Crippen LogP contribution in [0.4, 0.5) is 0 Å². The van der Waals surface area contributed by atoms with Crippen LogP contribution in [0.25, 0.3) is 0 Å². The number of hydrogen-bond donors (Lipinski definition) is 0. The first-order valence-corrected chi connectivity index (χ1v) is 32.8. The van der Waals surface area contributed by atoms with Gasteiger partial charge in [-0.05, 0) is 103 Å². The summed E-state index contributed by atoms with van der Waals surface area (Å²) >= 11 is 0. The zero-order valence-electron chi connectivity index (χ0n) is 50.1. The van der Waals surface area contributed by atoms with E-state index in [-0.39, 0.29) is 31.1 Å². The maximum atomic E-state index is 12.9. The Bertz CT molecular complexity index is 1340. The maximum Gasteiger partial charge on any atom is 0.306 e. The summed E-state index contributed by atoms with van der Waals surface area (Å²) in [6, 6.07) is 0. The normalized spacial score (nSPS) is 12.4. The third-order valence-electron chi connectivity index (χ3n) is 14.4. The molecule has 0 aromatic rings. The van der Waals surface area contributed by atoms with E-state index in [1.54, 1.807) is 0 Å². The van der Waals surface area contributed by atoms with Crippen molar-refractivity contribution in [3.8, 4) is 0 Å². The first-order valence-electron chi connectivity index (χ1n) is 32.8. The number of carbonyl (C=O) groups excluding carboxylic acids is 3. The standard InChI is InChI=1S/C69H124O6/c1-4-7-10-13-16-19-22-25-27-29-30-31-32-33-34-35-36-37-38-40-41-44-47-50-53-56-59-62-68(71)74-65-66(64-73-67(70)61-58-55-52-49-46-43-24-21-18-15-12-9-6-3)75-69(72)63-60-57-54-51-48-45-42-39-28-26-23-20-17-14-11-8-5-2/h12,15,17,20-21,24,26,28-30,66H,4-11,13-14,16,18-19,22-23,25,27,31-65H2,1-3H3/b15-12-,20-17-,24-21-,28-26-,30-29-. The van der Waals surface area contributed by atoms with E-state index >= 15 is 0 Å². The second-order valence-electron chi connectivity index (χ2n) is 22.0. The fourth-order valence-electron chi connectivity index (χ4n) is 9.51. The van der Waals surface area contributed by atoms with E-state index in [1.807, 2.05) is 0 Å². The van der Waals surface area contributed by atoms with Crippen LogP contribution in [0.5, 0.6) is 0 Å². The van der Waals surface area contributed by atoms with Crippen molar-refractivity contribution in [2.24, 2.45) is 0 Å². The van der Waals surface area contributed by atoms with Gasteiger partial charge < -0.3 is 14.2 Å². The third-order valence-corrected chi connectivity index (χ3v) is 14.4. The molecule has 0 aromatic carbocycles. The Morgan fingerprint density at radius 3 is 0.827 bits per heavy atom. The van der Waals surface area contributed by atoms with Gasteiger partial charge in [-0.3, -0.25) is 14.4 Å². The van der Waals surface area contributed by atoms with E-state index in [0.29, 0.717) is 19.3 Å². The molecule has 0 saturated carbocycles. The number of ether oxygens (including phenoxy) is 3. The Morgan fingerprint density at radius 2 is 0.507 bits per heavy atom. The minimum absolute atomic E-state index is 0.0798. The van der Waals surface area contributed by atoms with Crippen molar-refractivity contribution < 1.29 is 28.6 Å². The van der Waals surface area contributed by atoms with E-state index in [0.717, 1.165) is 96.3 Å². The van der Waals surface area contributed by atoms with Crippen LogP contribution in [0, 0.1) is 0 Å². The number of esters is 3. The largest absolute Gasteiger partial charge is 0.462 e. The van der Waals surface area contributed by atoms with E-state index in [1.165, 1.54) is 205 Å². The summed E-state index contributed by atoms with van der Waals surface area (Å²) < 4.78 is 16.9. The molecule has 1 unspecified atom stereocenters. The van der Waals surface area contributed by atoms with Gasteiger partial charge in [-0.15, -0.1) is 0 Å². The van der Waals surface area contributed by atoms with Crippen molar-refractivity contribution in [3.63, 3.8) is 0 Å². The minimum atomic E-state index is -0.784. The molecule has 0 aliphatic rings. The monoisotopic (exact) mass is 1050 g/mol. The van der Waals surface area contributed by atoms with Gasteiger partial charge >= 0.3 is 17.9 Å². The van der Waals surface area contributed by atoms with Crippen molar-refractivity contribution in [2.45, 2.75) is 348 Å². The van der Waals surface area contributed by atoms with Crippen LogP contribution in [-0.2, 0) is 28.6 Å². The summed E-state index contributed by atoms with van der Waals surface area (Å²) in [5, 5.41) is 0. The quantitative estimate of drug-likeness (QED) is 0.0261. The molecule has 0 bridgehead atoms. The van der Waals surface area contributed by atoms with Crippen molar-refractivity contribution >= 4 is 17.9 Å². The van der Waals surface area contributed by atoms with Crippen molar-refractivity contribution in [2.75, 3.05) is 13.2 Å². The molecule has 6 heteroatoms. The maximum absolute atomic E-state index is 12.9. The minimum Gasteiger partial charge on any atom is -0.462 e. The van der Waals surface area contributed by atoms with E-state index in [2.05, 4.69) is 81.5 Å². The number of hydrogen-bond acceptors (Lipinski definition) is 6. The van der Waals surface area contributed by atoms with Crippen molar-refractivity contribution in [1.29, 1.82) is 0 Å². The van der Waals surface area contributed by atoms with Crippen molar-refractivity contribution in [1.82, 2.24) is 0 Å². The van der Waals surface area contributed by atoms with Crippen molar-refractivity contribution in [3.05, 3.63) is 60.8 Å². The Labute approximate surface area is 466 Å². The SMILES string of the molecule is CCC/C=C\C/C=C\CCCCCCCC(=O)OCC(COC(=O)CCCCCCCCCCCCCCCCC/C=C\CCCCCCCCCC)OC(=O)CCCCCCCCC/C=C\C/C=C\CCCCC. The molecule has 0 aliphatic carbocycles. The molecule has 0 heterocycles. The lowest BCUT2D eigenvalue weighted by atomic mass is 10.0. The summed E-state index contributed by atoms with van der Waals surface area (Å²) in [7, 11) is 0. The lowest BCUT2D eigenvalue weighted by Gasteiger charge is -2.18. The van der Waals surface area contributed by atoms with E-state index in [4.69, 9.17) is 14.2 Å². The molecule has 1 atom stereocenters. The van der Waals surface area contributed by atoms with Crippen LogP contribution >= 0.6 is 0 Å². The van der Waals surface area contributed by atoms with Gasteiger partial charge in [0.25, 0.3) is 0 Å². The van der Waals surface area contributed by atoms with Crippen LogP contribution in [0.15, 0.2) is 60.8 Å². The van der Waals surface area contributed by atoms with Crippen LogP contribution in [0.2, 0.25) is 0 Å². The van der Waals surface area contributed by atoms with Gasteiger partial charge in [0.05, 0.1) is 0 Å². The fraction of sp³-hybridized carbons (Fsp3) is 0.812. The van der Waals surface area contributed by atoms with Gasteiger partial charge in [-0.1, -0.05) is 281 Å². The number of allylic oxidation sites excluding steroid dienone is 10. The Balaban J connectivity index is 4.24. The van der Waals surface area contributed by atoms with Gasteiger partial charge in [0.1, 0.15) is 13.2 Å². The van der Waals surface area contributed by atoms with Crippen LogP contribution in [0.1, 0.15) is 342 Å². The summed E-state index contributed by atoms with van der Waals surface area (Å²) in [4.78, 5) is 38.3. The molecule has 0 aromatic heterocycles. The molecule has 0 fully saturated rings. The molecule has 0 amide bonds. The number of rotatable bonds is 60. The number of unbranched alkanes of at least 4 members (excludes halogenated alkanes) is 39. The zero-order valence-corrected chi connectivity index (χ0v) is 50.1. The predicted octanol–water partition coefficient (Wildman–Crippen LogP) is 22.3. The highest BCUT2D eigenvalue weighted by atomic mass is 16.6. The average Bonchev–Trinajstić information content (AvgIpc) is 3.41. The first-order chi connectivity index (χ1) is 37.0. The van der Waals surface area contributed by atoms with Gasteiger partial charge in [-0.2, -0.15) is 0 Å². The molecule has 0 N–H and O–H groups in total.